The van der Waals surface area contributed by atoms with E-state index in [9.17, 15) is 4.79 Å². The van der Waals surface area contributed by atoms with E-state index in [-0.39, 0.29) is 16.9 Å². The minimum absolute atomic E-state index is 0.0829. The van der Waals surface area contributed by atoms with Crippen molar-refractivity contribution in [2.24, 2.45) is 0 Å². The third kappa shape index (κ3) is 3.92. The largest absolute Gasteiger partial charge is 0.493 e. The maximum Gasteiger partial charge on any atom is 0.337 e. The van der Waals surface area contributed by atoms with Gasteiger partial charge in [0, 0.05) is 25.3 Å². The van der Waals surface area contributed by atoms with E-state index in [1.165, 1.54) is 12.1 Å². The van der Waals surface area contributed by atoms with Crippen molar-refractivity contribution in [3.63, 3.8) is 0 Å². The summed E-state index contributed by atoms with van der Waals surface area (Å²) in [7, 11) is 1.65. The molecule has 0 radical (unpaired) electrons. The Morgan fingerprint density at radius 1 is 1.44 bits per heavy atom. The number of ether oxygens (including phenoxy) is 2. The number of carboxylic acids is 1. The second kappa shape index (κ2) is 5.73. The summed E-state index contributed by atoms with van der Waals surface area (Å²) in [5.41, 5.74) is 5.66. The van der Waals surface area contributed by atoms with Gasteiger partial charge in [0.15, 0.2) is 0 Å². The number of aromatic carboxylic acids is 1. The van der Waals surface area contributed by atoms with Gasteiger partial charge < -0.3 is 20.3 Å². The molecule has 0 spiro atoms. The second-order valence-corrected chi connectivity index (χ2v) is 4.62. The molecule has 0 aliphatic heterocycles. The van der Waals surface area contributed by atoms with E-state index in [1.54, 1.807) is 13.2 Å². The van der Waals surface area contributed by atoms with Crippen LogP contribution in [0.3, 0.4) is 0 Å². The first kappa shape index (κ1) is 14.3. The van der Waals surface area contributed by atoms with Crippen molar-refractivity contribution < 1.29 is 19.4 Å². The maximum atomic E-state index is 10.8. The molecule has 1 aromatic carbocycles. The van der Waals surface area contributed by atoms with Gasteiger partial charge in [0.05, 0.1) is 17.8 Å². The average molecular weight is 253 g/mol. The van der Waals surface area contributed by atoms with Crippen LogP contribution in [0.4, 0.5) is 5.69 Å². The zero-order valence-corrected chi connectivity index (χ0v) is 10.9. The Morgan fingerprint density at radius 2 is 2.11 bits per heavy atom. The number of carbonyl (C=O) groups is 1. The van der Waals surface area contributed by atoms with Gasteiger partial charge in [-0.3, -0.25) is 0 Å². The Kier molecular flexibility index (Phi) is 4.55. The smallest absolute Gasteiger partial charge is 0.337 e. The standard InChI is InChI=1S/C13H19NO4/c1-13(2,17-3)6-7-18-9-4-5-10(12(15)16)11(14)8-9/h4-5,8H,6-7,14H2,1-3H3,(H,15,16). The number of methoxy groups -OCH3 is 1. The first-order chi connectivity index (χ1) is 8.35. The molecule has 0 saturated heterocycles. The van der Waals surface area contributed by atoms with Crippen LogP contribution in [0, 0.1) is 0 Å². The molecular formula is C13H19NO4. The summed E-state index contributed by atoms with van der Waals surface area (Å²) in [5, 5.41) is 8.83. The Bertz CT molecular complexity index is 429. The van der Waals surface area contributed by atoms with E-state index in [0.29, 0.717) is 12.4 Å². The van der Waals surface area contributed by atoms with Gasteiger partial charge in [-0.1, -0.05) is 0 Å². The maximum absolute atomic E-state index is 10.8. The fourth-order valence-electron chi connectivity index (χ4n) is 1.34. The van der Waals surface area contributed by atoms with Crippen LogP contribution in [0.25, 0.3) is 0 Å². The lowest BCUT2D eigenvalue weighted by atomic mass is 10.1. The number of rotatable bonds is 6. The highest BCUT2D eigenvalue weighted by molar-refractivity contribution is 5.93. The average Bonchev–Trinajstić information content (AvgIpc) is 2.28. The van der Waals surface area contributed by atoms with Crippen molar-refractivity contribution in [2.75, 3.05) is 19.5 Å². The molecule has 0 unspecified atom stereocenters. The second-order valence-electron chi connectivity index (χ2n) is 4.62. The number of carboxylic acid groups (broad SMARTS) is 1. The molecule has 5 nitrogen and oxygen atoms in total. The van der Waals surface area contributed by atoms with Crippen molar-refractivity contribution in [1.82, 2.24) is 0 Å². The van der Waals surface area contributed by atoms with Crippen molar-refractivity contribution in [3.05, 3.63) is 23.8 Å². The number of hydrogen-bond acceptors (Lipinski definition) is 4. The first-order valence-corrected chi connectivity index (χ1v) is 5.66. The third-order valence-electron chi connectivity index (χ3n) is 2.78. The molecule has 100 valence electrons. The predicted molar refractivity (Wildman–Crippen MR) is 69.0 cm³/mol. The van der Waals surface area contributed by atoms with Crippen LogP contribution in [-0.2, 0) is 4.74 Å². The summed E-state index contributed by atoms with van der Waals surface area (Å²) in [6.45, 7) is 4.42. The number of nitrogen functional groups attached to an aromatic ring is 1. The van der Waals surface area contributed by atoms with Crippen LogP contribution in [0.1, 0.15) is 30.6 Å². The predicted octanol–water partition coefficient (Wildman–Crippen LogP) is 2.16. The molecule has 0 aliphatic carbocycles. The molecule has 0 saturated carbocycles. The zero-order valence-electron chi connectivity index (χ0n) is 10.9. The lowest BCUT2D eigenvalue weighted by molar-refractivity contribution is 0.00546. The molecule has 0 fully saturated rings. The normalized spacial score (nSPS) is 11.3. The number of anilines is 1. The van der Waals surface area contributed by atoms with E-state index in [1.807, 2.05) is 13.8 Å². The monoisotopic (exact) mass is 253 g/mol. The molecule has 0 aromatic heterocycles. The molecule has 0 bridgehead atoms. The van der Waals surface area contributed by atoms with Gasteiger partial charge in [0.2, 0.25) is 0 Å². The minimum Gasteiger partial charge on any atom is -0.493 e. The number of benzene rings is 1. The number of hydrogen-bond donors (Lipinski definition) is 2. The lowest BCUT2D eigenvalue weighted by Gasteiger charge is -2.22. The van der Waals surface area contributed by atoms with Gasteiger partial charge in [-0.2, -0.15) is 0 Å². The topological polar surface area (TPSA) is 81.8 Å². The molecule has 0 atom stereocenters. The van der Waals surface area contributed by atoms with E-state index < -0.39 is 5.97 Å². The Hall–Kier alpha value is -1.75. The summed E-state index contributed by atoms with van der Waals surface area (Å²) in [6.07, 6.45) is 0.726. The van der Waals surface area contributed by atoms with Crippen molar-refractivity contribution >= 4 is 11.7 Å². The highest BCUT2D eigenvalue weighted by Gasteiger charge is 2.16. The fraction of sp³-hybridized carbons (Fsp3) is 0.462. The van der Waals surface area contributed by atoms with Gasteiger partial charge in [0.25, 0.3) is 0 Å². The summed E-state index contributed by atoms with van der Waals surface area (Å²) in [4.78, 5) is 10.8. The lowest BCUT2D eigenvalue weighted by Crippen LogP contribution is -2.25. The van der Waals surface area contributed by atoms with Crippen LogP contribution in [0.15, 0.2) is 18.2 Å². The van der Waals surface area contributed by atoms with Crippen molar-refractivity contribution in [2.45, 2.75) is 25.9 Å². The van der Waals surface area contributed by atoms with Crippen LogP contribution in [-0.4, -0.2) is 30.4 Å². The van der Waals surface area contributed by atoms with E-state index in [2.05, 4.69) is 0 Å². The molecule has 3 N–H and O–H groups in total. The van der Waals surface area contributed by atoms with Gasteiger partial charge in [-0.25, -0.2) is 4.79 Å². The molecule has 0 aliphatic rings. The van der Waals surface area contributed by atoms with Gasteiger partial charge in [0.1, 0.15) is 5.75 Å². The van der Waals surface area contributed by atoms with Crippen LogP contribution in [0.5, 0.6) is 5.75 Å². The highest BCUT2D eigenvalue weighted by atomic mass is 16.5. The number of nitrogens with two attached hydrogens (primary N) is 1. The van der Waals surface area contributed by atoms with Crippen molar-refractivity contribution in [1.29, 1.82) is 0 Å². The van der Waals surface area contributed by atoms with E-state index >= 15 is 0 Å². The Labute approximate surface area is 107 Å². The molecule has 18 heavy (non-hydrogen) atoms. The summed E-state index contributed by atoms with van der Waals surface area (Å²) in [5.74, 6) is -0.482. The zero-order chi connectivity index (χ0) is 13.8. The summed E-state index contributed by atoms with van der Waals surface area (Å²) >= 11 is 0. The SMILES string of the molecule is COC(C)(C)CCOc1ccc(C(=O)O)c(N)c1. The highest BCUT2D eigenvalue weighted by Crippen LogP contribution is 2.21. The van der Waals surface area contributed by atoms with Crippen LogP contribution < -0.4 is 10.5 Å². The van der Waals surface area contributed by atoms with Crippen LogP contribution in [0.2, 0.25) is 0 Å². The van der Waals surface area contributed by atoms with Crippen LogP contribution >= 0.6 is 0 Å². The van der Waals surface area contributed by atoms with Gasteiger partial charge in [-0.05, 0) is 26.0 Å². The molecular weight excluding hydrogens is 234 g/mol. The van der Waals surface area contributed by atoms with E-state index in [0.717, 1.165) is 6.42 Å². The summed E-state index contributed by atoms with van der Waals surface area (Å²) < 4.78 is 10.8. The van der Waals surface area contributed by atoms with Gasteiger partial charge in [-0.15, -0.1) is 0 Å². The third-order valence-corrected chi connectivity index (χ3v) is 2.78. The first-order valence-electron chi connectivity index (χ1n) is 5.66. The summed E-state index contributed by atoms with van der Waals surface area (Å²) in [6, 6.07) is 4.55. The van der Waals surface area contributed by atoms with Crippen molar-refractivity contribution in [3.8, 4) is 5.75 Å². The molecule has 5 heteroatoms. The quantitative estimate of drug-likeness (QED) is 0.759. The Balaban J connectivity index is 2.59. The Morgan fingerprint density at radius 3 is 2.61 bits per heavy atom. The molecule has 0 heterocycles. The fourth-order valence-corrected chi connectivity index (χ4v) is 1.34. The molecule has 0 amide bonds. The molecule has 1 rings (SSSR count). The molecule has 1 aromatic rings. The van der Waals surface area contributed by atoms with E-state index in [4.69, 9.17) is 20.3 Å². The minimum atomic E-state index is -1.04. The van der Waals surface area contributed by atoms with Gasteiger partial charge >= 0.3 is 5.97 Å².